The highest BCUT2D eigenvalue weighted by atomic mass is 19.1. The van der Waals surface area contributed by atoms with E-state index < -0.39 is 5.41 Å². The number of benzene rings is 2. The van der Waals surface area contributed by atoms with E-state index in [9.17, 15) is 4.39 Å². The van der Waals surface area contributed by atoms with Crippen LogP contribution >= 0.6 is 0 Å². The van der Waals surface area contributed by atoms with Crippen molar-refractivity contribution in [1.29, 1.82) is 0 Å². The van der Waals surface area contributed by atoms with Crippen LogP contribution in [0.25, 0.3) is 11.1 Å². The zero-order chi connectivity index (χ0) is 20.4. The van der Waals surface area contributed by atoms with Crippen LogP contribution in [0.4, 0.5) is 10.3 Å². The maximum absolute atomic E-state index is 14.0. The average molecular weight is 392 g/mol. The fourth-order valence-electron chi connectivity index (χ4n) is 3.65. The zero-order valence-corrected chi connectivity index (χ0v) is 16.7. The maximum atomic E-state index is 14.0. The van der Waals surface area contributed by atoms with Gasteiger partial charge >= 0.3 is 0 Å². The number of aromatic nitrogens is 1. The third-order valence-electron chi connectivity index (χ3n) is 5.58. The highest BCUT2D eigenvalue weighted by molar-refractivity contribution is 5.80. The Bertz CT molecular complexity index is 1020. The van der Waals surface area contributed by atoms with Gasteiger partial charge in [-0.2, -0.15) is 4.99 Å². The summed E-state index contributed by atoms with van der Waals surface area (Å²) in [6.07, 6.45) is 2.27. The van der Waals surface area contributed by atoms with Crippen molar-refractivity contribution in [2.45, 2.75) is 32.1 Å². The summed E-state index contributed by atoms with van der Waals surface area (Å²) in [6.45, 7) is 5.99. The van der Waals surface area contributed by atoms with Gasteiger partial charge in [0.15, 0.2) is 5.96 Å². The molecular weight excluding hydrogens is 367 g/mol. The highest BCUT2D eigenvalue weighted by Gasteiger charge is 2.27. The predicted octanol–water partition coefficient (Wildman–Crippen LogP) is 4.85. The summed E-state index contributed by atoms with van der Waals surface area (Å²) in [5.41, 5.74) is 8.93. The van der Waals surface area contributed by atoms with Gasteiger partial charge in [-0.05, 0) is 30.0 Å². The van der Waals surface area contributed by atoms with E-state index in [0.717, 1.165) is 42.8 Å². The third-order valence-corrected chi connectivity index (χ3v) is 5.58. The van der Waals surface area contributed by atoms with Gasteiger partial charge in [-0.1, -0.05) is 61.5 Å². The lowest BCUT2D eigenvalue weighted by atomic mass is 9.81. The standard InChI is InChI=1S/C23H25FN4O/c1-23(2,17-11-9-16(10-12-17)18-7-3-4-8-19(18)24)20-15-21(29-27-20)26-22(25)28-13-5-6-14-28/h3-4,7-12,15H,5-6,13-14H2,1-2H3,(H2,25,26). The number of guanidine groups is 1. The van der Waals surface area contributed by atoms with Gasteiger partial charge in [-0.3, -0.25) is 0 Å². The molecular formula is C23H25FN4O. The maximum Gasteiger partial charge on any atom is 0.253 e. The number of halogens is 1. The molecule has 6 heteroatoms. The van der Waals surface area contributed by atoms with Crippen LogP contribution in [0.5, 0.6) is 0 Å². The van der Waals surface area contributed by atoms with Crippen LogP contribution in [0.2, 0.25) is 0 Å². The Kier molecular flexibility index (Phi) is 5.09. The van der Waals surface area contributed by atoms with Crippen molar-refractivity contribution in [3.63, 3.8) is 0 Å². The van der Waals surface area contributed by atoms with Gasteiger partial charge in [-0.15, -0.1) is 0 Å². The quantitative estimate of drug-likeness (QED) is 0.509. The monoisotopic (exact) mass is 392 g/mol. The van der Waals surface area contributed by atoms with Gasteiger partial charge in [0.05, 0.1) is 5.69 Å². The molecule has 0 radical (unpaired) electrons. The Hall–Kier alpha value is -3.15. The first-order valence-corrected chi connectivity index (χ1v) is 9.87. The average Bonchev–Trinajstić information content (AvgIpc) is 3.41. The third kappa shape index (κ3) is 3.88. The predicted molar refractivity (Wildman–Crippen MR) is 113 cm³/mol. The summed E-state index contributed by atoms with van der Waals surface area (Å²) in [5.74, 6) is 0.645. The number of nitrogens with two attached hydrogens (primary N) is 1. The summed E-state index contributed by atoms with van der Waals surface area (Å²) < 4.78 is 19.5. The van der Waals surface area contributed by atoms with E-state index in [0.29, 0.717) is 17.4 Å². The van der Waals surface area contributed by atoms with Gasteiger partial charge in [0.1, 0.15) is 5.82 Å². The molecule has 2 heterocycles. The second kappa shape index (κ2) is 7.70. The molecule has 1 fully saturated rings. The van der Waals surface area contributed by atoms with Crippen LogP contribution in [0, 0.1) is 5.82 Å². The van der Waals surface area contributed by atoms with E-state index in [2.05, 4.69) is 28.9 Å². The van der Waals surface area contributed by atoms with Crippen LogP contribution in [0.15, 0.2) is 64.1 Å². The van der Waals surface area contributed by atoms with E-state index in [1.165, 1.54) is 6.07 Å². The lowest BCUT2D eigenvalue weighted by molar-refractivity contribution is 0.405. The molecule has 0 saturated carbocycles. The van der Waals surface area contributed by atoms with E-state index in [4.69, 9.17) is 10.3 Å². The van der Waals surface area contributed by atoms with Gasteiger partial charge in [0.25, 0.3) is 5.88 Å². The fraction of sp³-hybridized carbons (Fsp3) is 0.304. The fourth-order valence-corrected chi connectivity index (χ4v) is 3.65. The molecule has 29 heavy (non-hydrogen) atoms. The zero-order valence-electron chi connectivity index (χ0n) is 16.7. The molecule has 0 aliphatic carbocycles. The Morgan fingerprint density at radius 3 is 2.48 bits per heavy atom. The summed E-state index contributed by atoms with van der Waals surface area (Å²) in [6, 6.07) is 16.5. The van der Waals surface area contributed by atoms with Crippen molar-refractivity contribution in [1.82, 2.24) is 10.1 Å². The number of hydrogen-bond donors (Lipinski definition) is 1. The summed E-state index contributed by atoms with van der Waals surface area (Å²) in [5, 5.41) is 4.22. The molecule has 150 valence electrons. The summed E-state index contributed by atoms with van der Waals surface area (Å²) in [7, 11) is 0. The van der Waals surface area contributed by atoms with Crippen molar-refractivity contribution in [2.75, 3.05) is 13.1 Å². The molecule has 0 spiro atoms. The number of hydrogen-bond acceptors (Lipinski definition) is 3. The number of likely N-dealkylation sites (tertiary alicyclic amines) is 1. The van der Waals surface area contributed by atoms with Crippen LogP contribution in [-0.2, 0) is 5.41 Å². The molecule has 1 aliphatic rings. The van der Waals surface area contributed by atoms with Crippen molar-refractivity contribution in [3.8, 4) is 11.1 Å². The van der Waals surface area contributed by atoms with Crippen molar-refractivity contribution in [2.24, 2.45) is 10.7 Å². The van der Waals surface area contributed by atoms with Crippen LogP contribution in [0.3, 0.4) is 0 Å². The van der Waals surface area contributed by atoms with Crippen molar-refractivity contribution >= 4 is 11.8 Å². The number of rotatable bonds is 4. The molecule has 0 bridgehead atoms. The van der Waals surface area contributed by atoms with Crippen molar-refractivity contribution in [3.05, 3.63) is 71.7 Å². The minimum atomic E-state index is -0.395. The highest BCUT2D eigenvalue weighted by Crippen LogP contribution is 2.34. The molecule has 2 aromatic carbocycles. The molecule has 4 rings (SSSR count). The summed E-state index contributed by atoms with van der Waals surface area (Å²) >= 11 is 0. The largest absolute Gasteiger partial charge is 0.369 e. The minimum absolute atomic E-state index is 0.228. The van der Waals surface area contributed by atoms with Gasteiger partial charge in [-0.25, -0.2) is 4.39 Å². The molecule has 2 N–H and O–H groups in total. The van der Waals surface area contributed by atoms with Gasteiger partial charge < -0.3 is 15.2 Å². The Balaban J connectivity index is 1.56. The van der Waals surface area contributed by atoms with Crippen LogP contribution < -0.4 is 5.73 Å². The van der Waals surface area contributed by atoms with Gasteiger partial charge in [0, 0.05) is 30.1 Å². The second-order valence-electron chi connectivity index (χ2n) is 7.90. The van der Waals surface area contributed by atoms with Crippen molar-refractivity contribution < 1.29 is 8.91 Å². The normalized spacial score (nSPS) is 15.1. The molecule has 3 aromatic rings. The van der Waals surface area contributed by atoms with E-state index in [1.807, 2.05) is 36.4 Å². The first kappa shape index (κ1) is 19.2. The first-order chi connectivity index (χ1) is 13.9. The van der Waals surface area contributed by atoms with Crippen LogP contribution in [0.1, 0.15) is 37.9 Å². The van der Waals surface area contributed by atoms with Gasteiger partial charge in [0.2, 0.25) is 0 Å². The molecule has 0 amide bonds. The Labute approximate surface area is 170 Å². The first-order valence-electron chi connectivity index (χ1n) is 9.87. The SMILES string of the molecule is CC(C)(c1ccc(-c2ccccc2F)cc1)c1cc(/N=C(/N)N2CCCC2)on1. The topological polar surface area (TPSA) is 67.7 Å². The van der Waals surface area contributed by atoms with Crippen LogP contribution in [-0.4, -0.2) is 29.1 Å². The molecule has 0 atom stereocenters. The molecule has 0 unspecified atom stereocenters. The second-order valence-corrected chi connectivity index (χ2v) is 7.90. The Morgan fingerprint density at radius 2 is 1.79 bits per heavy atom. The molecule has 5 nitrogen and oxygen atoms in total. The number of nitrogens with zero attached hydrogens (tertiary/aromatic N) is 3. The Morgan fingerprint density at radius 1 is 1.10 bits per heavy atom. The molecule has 1 aliphatic heterocycles. The van der Waals surface area contributed by atoms with E-state index in [1.54, 1.807) is 12.1 Å². The lowest BCUT2D eigenvalue weighted by Gasteiger charge is -2.22. The minimum Gasteiger partial charge on any atom is -0.369 e. The lowest BCUT2D eigenvalue weighted by Crippen LogP contribution is -2.34. The molecule has 1 aromatic heterocycles. The smallest absolute Gasteiger partial charge is 0.253 e. The summed E-state index contributed by atoms with van der Waals surface area (Å²) in [4.78, 5) is 6.43. The number of aliphatic imine (C=N–C) groups is 1. The molecule has 1 saturated heterocycles. The van der Waals surface area contributed by atoms with E-state index >= 15 is 0 Å². The van der Waals surface area contributed by atoms with E-state index in [-0.39, 0.29) is 5.82 Å².